The predicted molar refractivity (Wildman–Crippen MR) is 108 cm³/mol. The van der Waals surface area contributed by atoms with Crippen LogP contribution in [0.3, 0.4) is 0 Å². The molecule has 0 radical (unpaired) electrons. The molecule has 2 aromatic carbocycles. The smallest absolute Gasteiger partial charge is 0.349 e. The zero-order valence-corrected chi connectivity index (χ0v) is 16.7. The van der Waals surface area contributed by atoms with E-state index >= 15 is 0 Å². The van der Waals surface area contributed by atoms with Gasteiger partial charge in [-0.1, -0.05) is 18.2 Å². The summed E-state index contributed by atoms with van der Waals surface area (Å²) in [4.78, 5) is 12.2. The van der Waals surface area contributed by atoms with Crippen LogP contribution in [0.2, 0.25) is 0 Å². The Morgan fingerprint density at radius 2 is 1.81 bits per heavy atom. The quantitative estimate of drug-likeness (QED) is 0.523. The number of hydrogen-bond acceptors (Lipinski definition) is 6. The SMILES string of the molecule is COc1cc(C2SCCS2)ccc1OC(=O)COc1cc(C)ccc1C. The average molecular weight is 391 g/mol. The molecule has 1 aliphatic heterocycles. The second-order valence-electron chi connectivity index (χ2n) is 6.02. The summed E-state index contributed by atoms with van der Waals surface area (Å²) in [5, 5.41) is 0. The number of aryl methyl sites for hydroxylation is 2. The van der Waals surface area contributed by atoms with E-state index in [1.54, 1.807) is 13.2 Å². The molecule has 138 valence electrons. The lowest BCUT2D eigenvalue weighted by Gasteiger charge is -2.14. The molecule has 26 heavy (non-hydrogen) atoms. The summed E-state index contributed by atoms with van der Waals surface area (Å²) in [5.74, 6) is 3.53. The van der Waals surface area contributed by atoms with Crippen LogP contribution in [0.15, 0.2) is 36.4 Å². The second kappa shape index (κ2) is 8.73. The normalized spacial score (nSPS) is 14.3. The molecule has 1 aliphatic rings. The van der Waals surface area contributed by atoms with Gasteiger partial charge < -0.3 is 14.2 Å². The van der Waals surface area contributed by atoms with E-state index in [1.807, 2.05) is 67.7 Å². The van der Waals surface area contributed by atoms with Gasteiger partial charge in [-0.05, 0) is 48.7 Å². The molecule has 6 heteroatoms. The standard InChI is InChI=1S/C20H22O4S2/c1-13-4-5-14(2)17(10-13)23-12-19(21)24-16-7-6-15(11-18(16)22-3)20-25-8-9-26-20/h4-7,10-11,20H,8-9,12H2,1-3H3. The molecule has 2 aromatic rings. The van der Waals surface area contributed by atoms with Crippen molar-refractivity contribution in [3.05, 3.63) is 53.1 Å². The third kappa shape index (κ3) is 4.68. The van der Waals surface area contributed by atoms with E-state index in [9.17, 15) is 4.79 Å². The minimum Gasteiger partial charge on any atom is -0.493 e. The van der Waals surface area contributed by atoms with Crippen molar-refractivity contribution in [2.24, 2.45) is 0 Å². The number of hydrogen-bond donors (Lipinski definition) is 0. The van der Waals surface area contributed by atoms with Crippen molar-refractivity contribution in [3.8, 4) is 17.2 Å². The van der Waals surface area contributed by atoms with Crippen molar-refractivity contribution >= 4 is 29.5 Å². The Balaban J connectivity index is 1.64. The molecular weight excluding hydrogens is 368 g/mol. The first-order valence-corrected chi connectivity index (χ1v) is 10.5. The van der Waals surface area contributed by atoms with Gasteiger partial charge in [-0.25, -0.2) is 4.79 Å². The molecule has 0 N–H and O–H groups in total. The summed E-state index contributed by atoms with van der Waals surface area (Å²) in [7, 11) is 1.58. The monoisotopic (exact) mass is 390 g/mol. The van der Waals surface area contributed by atoms with Crippen molar-refractivity contribution in [1.29, 1.82) is 0 Å². The lowest BCUT2D eigenvalue weighted by Crippen LogP contribution is -2.18. The summed E-state index contributed by atoms with van der Waals surface area (Å²) >= 11 is 3.84. The van der Waals surface area contributed by atoms with Crippen LogP contribution in [0.4, 0.5) is 0 Å². The Hall–Kier alpha value is -1.79. The molecule has 0 amide bonds. The van der Waals surface area contributed by atoms with Gasteiger partial charge in [0.15, 0.2) is 18.1 Å². The molecule has 1 fully saturated rings. The Morgan fingerprint density at radius 1 is 1.04 bits per heavy atom. The molecular formula is C20H22O4S2. The van der Waals surface area contributed by atoms with Crippen molar-refractivity contribution < 1.29 is 19.0 Å². The molecule has 3 rings (SSSR count). The Labute approximate surface area is 162 Å². The number of carbonyl (C=O) groups excluding carboxylic acids is 1. The predicted octanol–water partition coefficient (Wildman–Crippen LogP) is 4.78. The maximum absolute atomic E-state index is 12.2. The van der Waals surface area contributed by atoms with Crippen LogP contribution < -0.4 is 14.2 Å². The topological polar surface area (TPSA) is 44.8 Å². The molecule has 1 saturated heterocycles. The van der Waals surface area contributed by atoms with Crippen LogP contribution >= 0.6 is 23.5 Å². The summed E-state index contributed by atoms with van der Waals surface area (Å²) < 4.78 is 16.9. The van der Waals surface area contributed by atoms with Gasteiger partial charge in [0.25, 0.3) is 0 Å². The van der Waals surface area contributed by atoms with E-state index in [4.69, 9.17) is 14.2 Å². The zero-order valence-electron chi connectivity index (χ0n) is 15.1. The third-order valence-corrected chi connectivity index (χ3v) is 7.10. The lowest BCUT2D eigenvalue weighted by atomic mass is 10.1. The molecule has 0 aromatic heterocycles. The molecule has 0 aliphatic carbocycles. The van der Waals surface area contributed by atoms with Gasteiger partial charge >= 0.3 is 5.97 Å². The van der Waals surface area contributed by atoms with Crippen LogP contribution in [-0.4, -0.2) is 31.2 Å². The van der Waals surface area contributed by atoms with Gasteiger partial charge in [0.1, 0.15) is 5.75 Å². The summed E-state index contributed by atoms with van der Waals surface area (Å²) in [6, 6.07) is 11.6. The first-order chi connectivity index (χ1) is 12.6. The molecule has 0 bridgehead atoms. The number of methoxy groups -OCH3 is 1. The van der Waals surface area contributed by atoms with E-state index in [2.05, 4.69) is 0 Å². The molecule has 0 spiro atoms. The highest BCUT2D eigenvalue weighted by Crippen LogP contribution is 2.46. The van der Waals surface area contributed by atoms with Crippen LogP contribution in [0.5, 0.6) is 17.2 Å². The van der Waals surface area contributed by atoms with E-state index < -0.39 is 5.97 Å². The zero-order chi connectivity index (χ0) is 18.5. The number of rotatable bonds is 6. The van der Waals surface area contributed by atoms with Crippen molar-refractivity contribution in [2.45, 2.75) is 18.4 Å². The van der Waals surface area contributed by atoms with Gasteiger partial charge in [-0.3, -0.25) is 0 Å². The molecule has 4 nitrogen and oxygen atoms in total. The van der Waals surface area contributed by atoms with Gasteiger partial charge in [0, 0.05) is 11.5 Å². The highest BCUT2D eigenvalue weighted by Gasteiger charge is 2.20. The third-order valence-electron chi connectivity index (χ3n) is 3.99. The Kier molecular flexibility index (Phi) is 6.38. The summed E-state index contributed by atoms with van der Waals surface area (Å²) in [6.45, 7) is 3.78. The summed E-state index contributed by atoms with van der Waals surface area (Å²) in [5.41, 5.74) is 3.25. The fraction of sp³-hybridized carbons (Fsp3) is 0.350. The van der Waals surface area contributed by atoms with Gasteiger partial charge in [0.05, 0.1) is 11.7 Å². The van der Waals surface area contributed by atoms with Crippen molar-refractivity contribution in [3.63, 3.8) is 0 Å². The van der Waals surface area contributed by atoms with E-state index in [1.165, 1.54) is 5.56 Å². The van der Waals surface area contributed by atoms with Gasteiger partial charge in [-0.15, -0.1) is 23.5 Å². The molecule has 0 unspecified atom stereocenters. The molecule has 0 saturated carbocycles. The van der Waals surface area contributed by atoms with E-state index in [0.717, 1.165) is 22.6 Å². The number of carbonyl (C=O) groups is 1. The number of ether oxygens (including phenoxy) is 3. The van der Waals surface area contributed by atoms with Crippen LogP contribution in [-0.2, 0) is 4.79 Å². The number of thioether (sulfide) groups is 2. The van der Waals surface area contributed by atoms with Gasteiger partial charge in [-0.2, -0.15) is 0 Å². The minimum absolute atomic E-state index is 0.149. The largest absolute Gasteiger partial charge is 0.493 e. The summed E-state index contributed by atoms with van der Waals surface area (Å²) in [6.07, 6.45) is 0. The Bertz CT molecular complexity index is 785. The lowest BCUT2D eigenvalue weighted by molar-refractivity contribution is -0.136. The minimum atomic E-state index is -0.457. The van der Waals surface area contributed by atoms with Crippen LogP contribution in [0.25, 0.3) is 0 Å². The van der Waals surface area contributed by atoms with Gasteiger partial charge in [0.2, 0.25) is 0 Å². The highest BCUT2D eigenvalue weighted by molar-refractivity contribution is 8.19. The fourth-order valence-electron chi connectivity index (χ4n) is 2.62. The first-order valence-electron chi connectivity index (χ1n) is 8.38. The number of benzene rings is 2. The van der Waals surface area contributed by atoms with Crippen LogP contribution in [0.1, 0.15) is 21.3 Å². The molecule has 1 heterocycles. The second-order valence-corrected chi connectivity index (χ2v) is 8.74. The van der Waals surface area contributed by atoms with Crippen molar-refractivity contribution in [1.82, 2.24) is 0 Å². The Morgan fingerprint density at radius 3 is 2.54 bits per heavy atom. The maximum Gasteiger partial charge on any atom is 0.349 e. The highest BCUT2D eigenvalue weighted by atomic mass is 32.2. The van der Waals surface area contributed by atoms with E-state index in [0.29, 0.717) is 21.8 Å². The maximum atomic E-state index is 12.2. The first kappa shape index (κ1) is 19.0. The van der Waals surface area contributed by atoms with Crippen molar-refractivity contribution in [2.75, 3.05) is 25.2 Å². The van der Waals surface area contributed by atoms with E-state index in [-0.39, 0.29) is 6.61 Å². The fourth-order valence-corrected chi connectivity index (χ4v) is 5.46. The average Bonchev–Trinajstić information content (AvgIpc) is 3.17. The number of esters is 1. The molecule has 0 atom stereocenters. The van der Waals surface area contributed by atoms with Crippen LogP contribution in [0, 0.1) is 13.8 Å².